The number of rotatable bonds is 10. The summed E-state index contributed by atoms with van der Waals surface area (Å²) in [6.45, 7) is 0.661. The Labute approximate surface area is 119 Å². The number of hydrogen-bond donors (Lipinski definition) is 2. The summed E-state index contributed by atoms with van der Waals surface area (Å²) in [5, 5.41) is 11.3. The highest BCUT2D eigenvalue weighted by atomic mass is 16.4. The summed E-state index contributed by atoms with van der Waals surface area (Å²) in [6.07, 6.45) is 6.53. The highest BCUT2D eigenvalue weighted by Gasteiger charge is 2.02. The van der Waals surface area contributed by atoms with E-state index in [0.29, 0.717) is 25.8 Å². The standard InChI is InChI=1S/C15H22N2O3/c18-14(10-9-13-7-4-6-11-16-13)17-12-5-2-1-3-8-15(19)20/h4,6-7,11H,1-3,5,8-10,12H2,(H,17,18)(H,19,20). The topological polar surface area (TPSA) is 79.3 Å². The summed E-state index contributed by atoms with van der Waals surface area (Å²) >= 11 is 0. The van der Waals surface area contributed by atoms with Gasteiger partial charge in [-0.3, -0.25) is 14.6 Å². The van der Waals surface area contributed by atoms with Crippen LogP contribution in [-0.4, -0.2) is 28.5 Å². The third kappa shape index (κ3) is 8.24. The molecule has 0 aromatic carbocycles. The lowest BCUT2D eigenvalue weighted by Gasteiger charge is -2.05. The summed E-state index contributed by atoms with van der Waals surface area (Å²) in [7, 11) is 0. The van der Waals surface area contributed by atoms with E-state index in [4.69, 9.17) is 5.11 Å². The van der Waals surface area contributed by atoms with Crippen LogP contribution in [0.25, 0.3) is 0 Å². The number of aromatic nitrogens is 1. The number of amides is 1. The zero-order valence-electron chi connectivity index (χ0n) is 11.7. The Balaban J connectivity index is 1.96. The fourth-order valence-corrected chi connectivity index (χ4v) is 1.86. The average molecular weight is 278 g/mol. The van der Waals surface area contributed by atoms with Crippen LogP contribution in [0.15, 0.2) is 24.4 Å². The van der Waals surface area contributed by atoms with Crippen molar-refractivity contribution in [1.82, 2.24) is 10.3 Å². The monoisotopic (exact) mass is 278 g/mol. The van der Waals surface area contributed by atoms with Crippen LogP contribution in [0.1, 0.15) is 44.2 Å². The Morgan fingerprint density at radius 3 is 2.60 bits per heavy atom. The number of carbonyl (C=O) groups excluding carboxylic acids is 1. The van der Waals surface area contributed by atoms with Crippen molar-refractivity contribution < 1.29 is 14.7 Å². The van der Waals surface area contributed by atoms with Crippen LogP contribution in [0.3, 0.4) is 0 Å². The Kier molecular flexibility index (Phi) is 8.03. The van der Waals surface area contributed by atoms with E-state index >= 15 is 0 Å². The van der Waals surface area contributed by atoms with Gasteiger partial charge in [0.25, 0.3) is 0 Å². The first-order valence-corrected chi connectivity index (χ1v) is 7.07. The van der Waals surface area contributed by atoms with Crippen LogP contribution < -0.4 is 5.32 Å². The van der Waals surface area contributed by atoms with Crippen molar-refractivity contribution in [1.29, 1.82) is 0 Å². The number of aliphatic carboxylic acids is 1. The van der Waals surface area contributed by atoms with E-state index in [1.165, 1.54) is 0 Å². The first-order valence-electron chi connectivity index (χ1n) is 7.07. The summed E-state index contributed by atoms with van der Waals surface area (Å²) in [5.74, 6) is -0.700. The van der Waals surface area contributed by atoms with E-state index in [1.807, 2.05) is 18.2 Å². The lowest BCUT2D eigenvalue weighted by atomic mass is 10.1. The van der Waals surface area contributed by atoms with Crippen molar-refractivity contribution >= 4 is 11.9 Å². The molecule has 1 aromatic rings. The highest BCUT2D eigenvalue weighted by molar-refractivity contribution is 5.76. The number of aryl methyl sites for hydroxylation is 1. The molecule has 0 aliphatic heterocycles. The van der Waals surface area contributed by atoms with Gasteiger partial charge in [-0.15, -0.1) is 0 Å². The first-order chi connectivity index (χ1) is 9.68. The van der Waals surface area contributed by atoms with Crippen LogP contribution in [0, 0.1) is 0 Å². The van der Waals surface area contributed by atoms with Gasteiger partial charge in [-0.25, -0.2) is 0 Å². The molecule has 0 aliphatic rings. The molecule has 0 unspecified atom stereocenters. The molecular formula is C15H22N2O3. The number of carboxylic acids is 1. The van der Waals surface area contributed by atoms with E-state index in [1.54, 1.807) is 6.20 Å². The lowest BCUT2D eigenvalue weighted by molar-refractivity contribution is -0.137. The molecule has 0 saturated heterocycles. The van der Waals surface area contributed by atoms with Crippen LogP contribution in [0.2, 0.25) is 0 Å². The van der Waals surface area contributed by atoms with Gasteiger partial charge in [0.1, 0.15) is 0 Å². The molecule has 0 radical (unpaired) electrons. The molecule has 1 rings (SSSR count). The van der Waals surface area contributed by atoms with Gasteiger partial charge in [0.2, 0.25) is 5.91 Å². The molecule has 5 heteroatoms. The quantitative estimate of drug-likeness (QED) is 0.643. The van der Waals surface area contributed by atoms with Crippen molar-refractivity contribution in [2.45, 2.75) is 44.9 Å². The van der Waals surface area contributed by atoms with E-state index in [0.717, 1.165) is 25.0 Å². The molecular weight excluding hydrogens is 256 g/mol. The molecule has 1 amide bonds. The predicted octanol–water partition coefficient (Wildman–Crippen LogP) is 2.17. The van der Waals surface area contributed by atoms with E-state index in [9.17, 15) is 9.59 Å². The SMILES string of the molecule is O=C(O)CCCCCCNC(=O)CCc1ccccn1. The number of pyridine rings is 1. The maximum Gasteiger partial charge on any atom is 0.303 e. The fraction of sp³-hybridized carbons (Fsp3) is 0.533. The summed E-state index contributed by atoms with van der Waals surface area (Å²) in [5.41, 5.74) is 0.927. The fourth-order valence-electron chi connectivity index (χ4n) is 1.86. The minimum Gasteiger partial charge on any atom is -0.481 e. The van der Waals surface area contributed by atoms with Crippen molar-refractivity contribution in [3.63, 3.8) is 0 Å². The second-order valence-corrected chi connectivity index (χ2v) is 4.73. The third-order valence-corrected chi connectivity index (χ3v) is 2.97. The number of nitrogens with one attached hydrogen (secondary N) is 1. The van der Waals surface area contributed by atoms with Crippen molar-refractivity contribution in [2.24, 2.45) is 0 Å². The summed E-state index contributed by atoms with van der Waals surface area (Å²) in [4.78, 5) is 26.0. The largest absolute Gasteiger partial charge is 0.481 e. The molecule has 1 heterocycles. The third-order valence-electron chi connectivity index (χ3n) is 2.97. The maximum absolute atomic E-state index is 11.6. The average Bonchev–Trinajstić information content (AvgIpc) is 2.45. The van der Waals surface area contributed by atoms with Gasteiger partial charge in [-0.1, -0.05) is 18.9 Å². The zero-order valence-corrected chi connectivity index (χ0v) is 11.7. The Morgan fingerprint density at radius 2 is 1.90 bits per heavy atom. The zero-order chi connectivity index (χ0) is 14.6. The number of hydrogen-bond acceptors (Lipinski definition) is 3. The summed E-state index contributed by atoms with van der Waals surface area (Å²) in [6, 6.07) is 5.68. The van der Waals surface area contributed by atoms with Crippen molar-refractivity contribution in [2.75, 3.05) is 6.54 Å². The smallest absolute Gasteiger partial charge is 0.303 e. The summed E-state index contributed by atoms with van der Waals surface area (Å²) < 4.78 is 0. The molecule has 5 nitrogen and oxygen atoms in total. The van der Waals surface area contributed by atoms with Gasteiger partial charge in [-0.05, 0) is 31.4 Å². The van der Waals surface area contributed by atoms with Crippen LogP contribution in [-0.2, 0) is 16.0 Å². The number of nitrogens with zero attached hydrogens (tertiary/aromatic N) is 1. The second kappa shape index (κ2) is 9.95. The number of unbranched alkanes of at least 4 members (excludes halogenated alkanes) is 3. The molecule has 0 saturated carbocycles. The Hall–Kier alpha value is -1.91. The van der Waals surface area contributed by atoms with Gasteiger partial charge in [0.15, 0.2) is 0 Å². The van der Waals surface area contributed by atoms with Gasteiger partial charge >= 0.3 is 5.97 Å². The Bertz CT molecular complexity index is 407. The van der Waals surface area contributed by atoms with E-state index in [-0.39, 0.29) is 12.3 Å². The number of carboxylic acid groups (broad SMARTS) is 1. The van der Waals surface area contributed by atoms with Crippen LogP contribution >= 0.6 is 0 Å². The minimum atomic E-state index is -0.743. The molecule has 0 aliphatic carbocycles. The minimum absolute atomic E-state index is 0.0428. The van der Waals surface area contributed by atoms with Crippen LogP contribution in [0.5, 0.6) is 0 Å². The molecule has 2 N–H and O–H groups in total. The normalized spacial score (nSPS) is 10.2. The maximum atomic E-state index is 11.6. The van der Waals surface area contributed by atoms with Gasteiger partial charge in [-0.2, -0.15) is 0 Å². The molecule has 0 bridgehead atoms. The first kappa shape index (κ1) is 16.1. The number of carbonyl (C=O) groups is 2. The molecule has 20 heavy (non-hydrogen) atoms. The van der Waals surface area contributed by atoms with E-state index < -0.39 is 5.97 Å². The molecule has 1 aromatic heterocycles. The van der Waals surface area contributed by atoms with Crippen molar-refractivity contribution in [3.05, 3.63) is 30.1 Å². The van der Waals surface area contributed by atoms with Gasteiger partial charge in [0.05, 0.1) is 0 Å². The van der Waals surface area contributed by atoms with Gasteiger partial charge < -0.3 is 10.4 Å². The second-order valence-electron chi connectivity index (χ2n) is 4.73. The predicted molar refractivity (Wildman–Crippen MR) is 76.3 cm³/mol. The van der Waals surface area contributed by atoms with Gasteiger partial charge in [0, 0.05) is 31.3 Å². The lowest BCUT2D eigenvalue weighted by Crippen LogP contribution is -2.24. The Morgan fingerprint density at radius 1 is 1.10 bits per heavy atom. The van der Waals surface area contributed by atoms with E-state index in [2.05, 4.69) is 10.3 Å². The van der Waals surface area contributed by atoms with Crippen LogP contribution in [0.4, 0.5) is 0 Å². The molecule has 0 fully saturated rings. The highest BCUT2D eigenvalue weighted by Crippen LogP contribution is 2.02. The molecule has 0 atom stereocenters. The molecule has 0 spiro atoms. The van der Waals surface area contributed by atoms with Crippen molar-refractivity contribution in [3.8, 4) is 0 Å². The molecule has 110 valence electrons.